The van der Waals surface area contributed by atoms with Gasteiger partial charge in [-0.1, -0.05) is 12.1 Å². The van der Waals surface area contributed by atoms with E-state index in [1.54, 1.807) is 0 Å². The highest BCUT2D eigenvalue weighted by Gasteiger charge is 2.17. The van der Waals surface area contributed by atoms with Crippen molar-refractivity contribution in [1.82, 2.24) is 9.97 Å². The van der Waals surface area contributed by atoms with E-state index in [0.29, 0.717) is 24.4 Å². The number of aromatic nitrogens is 2. The molecule has 5 heteroatoms. The van der Waals surface area contributed by atoms with Gasteiger partial charge in [0.25, 0.3) is 0 Å². The van der Waals surface area contributed by atoms with E-state index in [-0.39, 0.29) is 0 Å². The molecule has 0 radical (unpaired) electrons. The quantitative estimate of drug-likeness (QED) is 0.907. The van der Waals surface area contributed by atoms with Gasteiger partial charge in [-0.25, -0.2) is 4.98 Å². The topological polar surface area (TPSA) is 56.3 Å². The van der Waals surface area contributed by atoms with E-state index >= 15 is 0 Å². The number of nitrogens with one attached hydrogen (secondary N) is 1. The monoisotopic (exact) mass is 273 g/mol. The lowest BCUT2D eigenvalue weighted by molar-refractivity contribution is 0.166. The van der Waals surface area contributed by atoms with Crippen molar-refractivity contribution in [3.05, 3.63) is 24.3 Å². The second-order valence-corrected chi connectivity index (χ2v) is 4.94. The van der Waals surface area contributed by atoms with Crippen LogP contribution in [0.25, 0.3) is 10.9 Å². The molecule has 0 aliphatic carbocycles. The Kier molecular flexibility index (Phi) is 3.97. The maximum absolute atomic E-state index is 5.92. The standard InChI is InChI=1S/C15H19N3O2/c1-2-16-15-17-13-6-4-3-5-12(13)14(18-15)20-10-11-7-8-19-9-11/h3-6,11H,2,7-10H2,1H3,(H,16,17,18). The Morgan fingerprint density at radius 3 is 3.05 bits per heavy atom. The molecule has 1 unspecified atom stereocenters. The number of anilines is 1. The van der Waals surface area contributed by atoms with Gasteiger partial charge in [-0.15, -0.1) is 0 Å². The molecule has 106 valence electrons. The lowest BCUT2D eigenvalue weighted by atomic mass is 10.1. The Bertz CT molecular complexity index is 582. The predicted molar refractivity (Wildman–Crippen MR) is 78.1 cm³/mol. The molecule has 0 bridgehead atoms. The third-order valence-corrected chi connectivity index (χ3v) is 3.38. The third-order valence-electron chi connectivity index (χ3n) is 3.38. The molecule has 1 aromatic heterocycles. The van der Waals surface area contributed by atoms with Crippen LogP contribution in [0.15, 0.2) is 24.3 Å². The maximum atomic E-state index is 5.92. The van der Waals surface area contributed by atoms with E-state index in [9.17, 15) is 0 Å². The van der Waals surface area contributed by atoms with Crippen molar-refractivity contribution in [2.24, 2.45) is 5.92 Å². The highest BCUT2D eigenvalue weighted by atomic mass is 16.5. The second-order valence-electron chi connectivity index (χ2n) is 4.94. The first-order chi connectivity index (χ1) is 9.86. The Labute approximate surface area is 118 Å². The van der Waals surface area contributed by atoms with Gasteiger partial charge in [0.15, 0.2) is 0 Å². The molecule has 3 rings (SSSR count). The van der Waals surface area contributed by atoms with Crippen molar-refractivity contribution < 1.29 is 9.47 Å². The van der Waals surface area contributed by atoms with E-state index in [0.717, 1.165) is 37.1 Å². The summed E-state index contributed by atoms with van der Waals surface area (Å²) < 4.78 is 11.3. The van der Waals surface area contributed by atoms with Gasteiger partial charge in [-0.3, -0.25) is 0 Å². The van der Waals surface area contributed by atoms with Crippen LogP contribution >= 0.6 is 0 Å². The highest BCUT2D eigenvalue weighted by Crippen LogP contribution is 2.25. The minimum Gasteiger partial charge on any atom is -0.477 e. The largest absolute Gasteiger partial charge is 0.477 e. The average molecular weight is 273 g/mol. The van der Waals surface area contributed by atoms with E-state index in [2.05, 4.69) is 15.3 Å². The Morgan fingerprint density at radius 2 is 2.25 bits per heavy atom. The minimum absolute atomic E-state index is 0.464. The fraction of sp³-hybridized carbons (Fsp3) is 0.467. The first-order valence-corrected chi connectivity index (χ1v) is 7.08. The Balaban J connectivity index is 1.86. The third kappa shape index (κ3) is 2.82. The van der Waals surface area contributed by atoms with Crippen LogP contribution in [0.4, 0.5) is 5.95 Å². The van der Waals surface area contributed by atoms with Crippen molar-refractivity contribution in [3.63, 3.8) is 0 Å². The summed E-state index contributed by atoms with van der Waals surface area (Å²) in [5.41, 5.74) is 0.899. The molecule has 20 heavy (non-hydrogen) atoms. The summed E-state index contributed by atoms with van der Waals surface area (Å²) >= 11 is 0. The van der Waals surface area contributed by atoms with Gasteiger partial charge in [0, 0.05) is 19.1 Å². The number of rotatable bonds is 5. The summed E-state index contributed by atoms with van der Waals surface area (Å²) in [6, 6.07) is 7.92. The first kappa shape index (κ1) is 13.1. The molecule has 1 saturated heterocycles. The van der Waals surface area contributed by atoms with Gasteiger partial charge >= 0.3 is 0 Å². The highest BCUT2D eigenvalue weighted by molar-refractivity contribution is 5.84. The SMILES string of the molecule is CCNc1nc(OCC2CCOC2)c2ccccc2n1. The van der Waals surface area contributed by atoms with Crippen LogP contribution in [0.2, 0.25) is 0 Å². The van der Waals surface area contributed by atoms with Crippen LogP contribution in [0, 0.1) is 5.92 Å². The fourth-order valence-corrected chi connectivity index (χ4v) is 2.31. The van der Waals surface area contributed by atoms with Crippen LogP contribution in [0.3, 0.4) is 0 Å². The number of ether oxygens (including phenoxy) is 2. The molecule has 1 aliphatic rings. The molecule has 2 heterocycles. The molecule has 1 aromatic carbocycles. The summed E-state index contributed by atoms with van der Waals surface area (Å²) in [6.45, 7) is 5.07. The van der Waals surface area contributed by atoms with Crippen LogP contribution in [-0.4, -0.2) is 36.3 Å². The zero-order valence-electron chi connectivity index (χ0n) is 11.6. The van der Waals surface area contributed by atoms with Crippen LogP contribution in [0.5, 0.6) is 5.88 Å². The second kappa shape index (κ2) is 6.05. The predicted octanol–water partition coefficient (Wildman–Crippen LogP) is 2.48. The van der Waals surface area contributed by atoms with Crippen LogP contribution < -0.4 is 10.1 Å². The molecule has 1 atom stereocenters. The van der Waals surface area contributed by atoms with Gasteiger partial charge in [-0.2, -0.15) is 4.98 Å². The summed E-state index contributed by atoms with van der Waals surface area (Å²) in [4.78, 5) is 8.94. The number of para-hydroxylation sites is 1. The fourth-order valence-electron chi connectivity index (χ4n) is 2.31. The van der Waals surface area contributed by atoms with Gasteiger partial charge in [0.05, 0.1) is 24.1 Å². The van der Waals surface area contributed by atoms with Gasteiger partial charge < -0.3 is 14.8 Å². The molecule has 5 nitrogen and oxygen atoms in total. The van der Waals surface area contributed by atoms with Gasteiger partial charge in [0.1, 0.15) is 0 Å². The number of hydrogen-bond acceptors (Lipinski definition) is 5. The molecule has 2 aromatic rings. The van der Waals surface area contributed by atoms with Crippen molar-refractivity contribution in [1.29, 1.82) is 0 Å². The summed E-state index contributed by atoms with van der Waals surface area (Å²) in [5, 5.41) is 4.09. The van der Waals surface area contributed by atoms with Gasteiger partial charge in [0.2, 0.25) is 11.8 Å². The average Bonchev–Trinajstić information content (AvgIpc) is 2.98. The Hall–Kier alpha value is -1.88. The van der Waals surface area contributed by atoms with Crippen molar-refractivity contribution >= 4 is 16.9 Å². The van der Waals surface area contributed by atoms with Crippen LogP contribution in [-0.2, 0) is 4.74 Å². The molecule has 0 spiro atoms. The summed E-state index contributed by atoms with van der Waals surface area (Å²) in [5.74, 6) is 1.73. The van der Waals surface area contributed by atoms with E-state index in [1.165, 1.54) is 0 Å². The number of fused-ring (bicyclic) bond motifs is 1. The summed E-state index contributed by atoms with van der Waals surface area (Å²) in [7, 11) is 0. The van der Waals surface area contributed by atoms with E-state index in [4.69, 9.17) is 9.47 Å². The summed E-state index contributed by atoms with van der Waals surface area (Å²) in [6.07, 6.45) is 1.06. The van der Waals surface area contributed by atoms with Crippen molar-refractivity contribution in [3.8, 4) is 5.88 Å². The van der Waals surface area contributed by atoms with E-state index in [1.807, 2.05) is 31.2 Å². The smallest absolute Gasteiger partial charge is 0.226 e. The molecule has 1 fully saturated rings. The molecule has 0 amide bonds. The minimum atomic E-state index is 0.464. The lowest BCUT2D eigenvalue weighted by Crippen LogP contribution is -2.13. The molecule has 1 aliphatic heterocycles. The van der Waals surface area contributed by atoms with E-state index < -0.39 is 0 Å². The maximum Gasteiger partial charge on any atom is 0.226 e. The number of hydrogen-bond donors (Lipinski definition) is 1. The number of benzene rings is 1. The zero-order chi connectivity index (χ0) is 13.8. The lowest BCUT2D eigenvalue weighted by Gasteiger charge is -2.12. The Morgan fingerprint density at radius 1 is 1.35 bits per heavy atom. The number of nitrogens with zero attached hydrogens (tertiary/aromatic N) is 2. The van der Waals surface area contributed by atoms with Crippen LogP contribution in [0.1, 0.15) is 13.3 Å². The molecular formula is C15H19N3O2. The first-order valence-electron chi connectivity index (χ1n) is 7.08. The van der Waals surface area contributed by atoms with Crippen molar-refractivity contribution in [2.75, 3.05) is 31.7 Å². The molecule has 1 N–H and O–H groups in total. The molecular weight excluding hydrogens is 254 g/mol. The molecule has 0 saturated carbocycles. The normalized spacial score (nSPS) is 18.4. The van der Waals surface area contributed by atoms with Gasteiger partial charge in [-0.05, 0) is 25.5 Å². The zero-order valence-corrected chi connectivity index (χ0v) is 11.6. The van der Waals surface area contributed by atoms with Crippen molar-refractivity contribution in [2.45, 2.75) is 13.3 Å².